The molecular formula is C22H24N4O6. The first-order valence-electron chi connectivity index (χ1n) is 9.86. The molecule has 3 aromatic rings. The van der Waals surface area contributed by atoms with Crippen molar-refractivity contribution in [3.05, 3.63) is 87.2 Å². The molecule has 0 aliphatic carbocycles. The maximum atomic E-state index is 12.5. The Morgan fingerprint density at radius 2 is 1.94 bits per heavy atom. The number of carbonyl (C=O) groups is 1. The molecule has 0 bridgehead atoms. The van der Waals surface area contributed by atoms with Crippen molar-refractivity contribution in [3.8, 4) is 5.75 Å². The molecule has 3 rings (SSSR count). The monoisotopic (exact) mass is 440 g/mol. The number of aromatic nitrogens is 2. The van der Waals surface area contributed by atoms with Gasteiger partial charge in [0.15, 0.2) is 6.73 Å². The van der Waals surface area contributed by atoms with Gasteiger partial charge in [-0.3, -0.25) is 14.9 Å². The van der Waals surface area contributed by atoms with Crippen LogP contribution >= 0.6 is 0 Å². The number of hydrogen-bond acceptors (Lipinski definition) is 7. The summed E-state index contributed by atoms with van der Waals surface area (Å²) in [6.45, 7) is 3.50. The Bertz CT molecular complexity index is 1100. The lowest BCUT2D eigenvalue weighted by Gasteiger charge is -2.22. The van der Waals surface area contributed by atoms with Crippen molar-refractivity contribution in [2.75, 3.05) is 6.61 Å². The van der Waals surface area contributed by atoms with E-state index in [9.17, 15) is 25.1 Å². The van der Waals surface area contributed by atoms with Gasteiger partial charge in [-0.05, 0) is 49.2 Å². The van der Waals surface area contributed by atoms with E-state index in [0.29, 0.717) is 11.3 Å². The number of ether oxygens (including phenoxy) is 1. The summed E-state index contributed by atoms with van der Waals surface area (Å²) in [7, 11) is 0. The number of nitrogens with zero attached hydrogens (tertiary/aromatic N) is 3. The van der Waals surface area contributed by atoms with Crippen LogP contribution in [0, 0.1) is 24.0 Å². The molecule has 2 atom stereocenters. The number of nitro groups is 1. The largest absolute Gasteiger partial charge is 0.471 e. The Hall–Kier alpha value is -3.76. The molecule has 0 saturated carbocycles. The van der Waals surface area contributed by atoms with E-state index in [4.69, 9.17) is 4.74 Å². The van der Waals surface area contributed by atoms with E-state index >= 15 is 0 Å². The van der Waals surface area contributed by atoms with Crippen molar-refractivity contribution in [2.24, 2.45) is 0 Å². The number of benzene rings is 2. The molecule has 10 nitrogen and oxygen atoms in total. The highest BCUT2D eigenvalue weighted by atomic mass is 16.6. The Morgan fingerprint density at radius 3 is 2.56 bits per heavy atom. The molecule has 0 fully saturated rings. The second kappa shape index (κ2) is 10.0. The highest BCUT2D eigenvalue weighted by Gasteiger charge is 2.24. The number of amides is 1. The number of non-ortho nitro benzene ring substituents is 1. The average molecular weight is 440 g/mol. The van der Waals surface area contributed by atoms with E-state index in [-0.39, 0.29) is 18.1 Å². The third kappa shape index (κ3) is 5.48. The van der Waals surface area contributed by atoms with Crippen LogP contribution in [-0.2, 0) is 6.73 Å². The molecule has 1 heterocycles. The third-order valence-corrected chi connectivity index (χ3v) is 4.90. The molecular weight excluding hydrogens is 416 g/mol. The fourth-order valence-electron chi connectivity index (χ4n) is 3.14. The third-order valence-electron chi connectivity index (χ3n) is 4.90. The van der Waals surface area contributed by atoms with Gasteiger partial charge in [0.25, 0.3) is 11.6 Å². The molecule has 0 radical (unpaired) electrons. The van der Waals surface area contributed by atoms with Gasteiger partial charge >= 0.3 is 0 Å². The Morgan fingerprint density at radius 1 is 1.22 bits per heavy atom. The molecule has 10 heteroatoms. The zero-order valence-electron chi connectivity index (χ0n) is 17.6. The number of nitro benzene ring substituents is 1. The molecule has 32 heavy (non-hydrogen) atoms. The van der Waals surface area contributed by atoms with Crippen LogP contribution in [0.15, 0.2) is 54.7 Å². The van der Waals surface area contributed by atoms with Gasteiger partial charge < -0.3 is 20.3 Å². The van der Waals surface area contributed by atoms with E-state index in [1.54, 1.807) is 6.20 Å². The Kier molecular flexibility index (Phi) is 7.18. The van der Waals surface area contributed by atoms with E-state index in [2.05, 4.69) is 10.4 Å². The summed E-state index contributed by atoms with van der Waals surface area (Å²) < 4.78 is 7.19. The normalized spacial score (nSPS) is 12.8. The van der Waals surface area contributed by atoms with Gasteiger partial charge in [-0.2, -0.15) is 5.10 Å². The summed E-state index contributed by atoms with van der Waals surface area (Å²) in [5, 5.41) is 37.6. The van der Waals surface area contributed by atoms with Crippen molar-refractivity contribution in [3.63, 3.8) is 0 Å². The van der Waals surface area contributed by atoms with Crippen molar-refractivity contribution < 1.29 is 24.7 Å². The fraction of sp³-hybridized carbons (Fsp3) is 0.273. The minimum Gasteiger partial charge on any atom is -0.471 e. The first-order chi connectivity index (χ1) is 15.3. The van der Waals surface area contributed by atoms with Crippen LogP contribution in [0.3, 0.4) is 0 Å². The van der Waals surface area contributed by atoms with E-state index in [0.717, 1.165) is 11.1 Å². The maximum absolute atomic E-state index is 12.5. The number of nitrogens with one attached hydrogen (secondary N) is 1. The van der Waals surface area contributed by atoms with Gasteiger partial charge in [0.1, 0.15) is 17.5 Å². The van der Waals surface area contributed by atoms with Gasteiger partial charge in [-0.25, -0.2) is 4.68 Å². The predicted octanol–water partition coefficient (Wildman–Crippen LogP) is 2.27. The number of hydrogen-bond donors (Lipinski definition) is 3. The molecule has 2 unspecified atom stereocenters. The first kappa shape index (κ1) is 22.9. The number of aliphatic hydroxyl groups excluding tert-OH is 2. The predicted molar refractivity (Wildman–Crippen MR) is 115 cm³/mol. The maximum Gasteiger partial charge on any atom is 0.272 e. The number of carbonyl (C=O) groups excluding carboxylic acids is 1. The van der Waals surface area contributed by atoms with Gasteiger partial charge in [0.2, 0.25) is 0 Å². The first-order valence-corrected chi connectivity index (χ1v) is 9.86. The molecule has 0 spiro atoms. The van der Waals surface area contributed by atoms with Crippen molar-refractivity contribution in [2.45, 2.75) is 32.7 Å². The minimum absolute atomic E-state index is 0.0866. The van der Waals surface area contributed by atoms with Gasteiger partial charge in [0.05, 0.1) is 17.6 Å². The topological polar surface area (TPSA) is 140 Å². The molecule has 0 aliphatic heterocycles. The van der Waals surface area contributed by atoms with Crippen molar-refractivity contribution >= 4 is 11.6 Å². The lowest BCUT2D eigenvalue weighted by atomic mass is 10.0. The van der Waals surface area contributed by atoms with Crippen LogP contribution in [-0.4, -0.2) is 43.5 Å². The Labute approximate surface area is 184 Å². The second-order valence-electron chi connectivity index (χ2n) is 7.34. The van der Waals surface area contributed by atoms with Gasteiger partial charge in [0, 0.05) is 18.3 Å². The lowest BCUT2D eigenvalue weighted by molar-refractivity contribution is -0.384. The summed E-state index contributed by atoms with van der Waals surface area (Å²) >= 11 is 0. The molecule has 168 valence electrons. The van der Waals surface area contributed by atoms with Gasteiger partial charge in [-0.1, -0.05) is 17.7 Å². The summed E-state index contributed by atoms with van der Waals surface area (Å²) in [6, 6.07) is 11.5. The van der Waals surface area contributed by atoms with Crippen LogP contribution in [0.4, 0.5) is 5.69 Å². The zero-order valence-corrected chi connectivity index (χ0v) is 17.6. The smallest absolute Gasteiger partial charge is 0.272 e. The van der Waals surface area contributed by atoms with Crippen LogP contribution < -0.4 is 10.1 Å². The summed E-state index contributed by atoms with van der Waals surface area (Å²) in [6.07, 6.45) is 0.318. The molecule has 0 aliphatic rings. The minimum atomic E-state index is -1.26. The highest BCUT2D eigenvalue weighted by Crippen LogP contribution is 2.21. The van der Waals surface area contributed by atoms with Crippen LogP contribution in [0.2, 0.25) is 0 Å². The zero-order chi connectivity index (χ0) is 23.3. The fourth-order valence-corrected chi connectivity index (χ4v) is 3.14. The molecule has 3 N–H and O–H groups in total. The number of aryl methyl sites for hydroxylation is 2. The highest BCUT2D eigenvalue weighted by molar-refractivity contribution is 5.92. The van der Waals surface area contributed by atoms with Crippen LogP contribution in [0.5, 0.6) is 5.75 Å². The molecule has 0 saturated heterocycles. The summed E-state index contributed by atoms with van der Waals surface area (Å²) in [5.74, 6) is 0.124. The van der Waals surface area contributed by atoms with Gasteiger partial charge in [-0.15, -0.1) is 0 Å². The summed E-state index contributed by atoms with van der Waals surface area (Å²) in [4.78, 5) is 22.7. The van der Waals surface area contributed by atoms with E-state index in [1.165, 1.54) is 35.0 Å². The van der Waals surface area contributed by atoms with Crippen molar-refractivity contribution in [1.82, 2.24) is 15.1 Å². The second-order valence-corrected chi connectivity index (χ2v) is 7.34. The van der Waals surface area contributed by atoms with Crippen molar-refractivity contribution in [1.29, 1.82) is 0 Å². The summed E-state index contributed by atoms with van der Waals surface area (Å²) in [5.41, 5.74) is 2.40. The number of aliphatic hydroxyl groups is 2. The molecule has 1 aromatic heterocycles. The molecule has 1 amide bonds. The Balaban J connectivity index is 1.61. The SMILES string of the molecule is Cc1ccc(OCn2ccc(C(=O)NC(CO)C(O)c3ccc([N+](=O)[O-])cc3)n2)c(C)c1. The lowest BCUT2D eigenvalue weighted by Crippen LogP contribution is -2.42. The quantitative estimate of drug-likeness (QED) is 0.342. The average Bonchev–Trinajstić information content (AvgIpc) is 3.25. The van der Waals surface area contributed by atoms with E-state index in [1.807, 2.05) is 32.0 Å². The standard InChI is InChI=1S/C22H24N4O6/c1-14-3-8-20(15(2)11-14)32-13-25-10-9-18(24-25)22(29)23-19(12-27)21(28)16-4-6-17(7-5-16)26(30)31/h3-11,19,21,27-28H,12-13H2,1-2H3,(H,23,29). The number of rotatable bonds is 9. The molecule has 2 aromatic carbocycles. The van der Waals surface area contributed by atoms with Crippen LogP contribution in [0.25, 0.3) is 0 Å². The van der Waals surface area contributed by atoms with Crippen LogP contribution in [0.1, 0.15) is 33.3 Å². The van der Waals surface area contributed by atoms with E-state index < -0.39 is 29.6 Å².